The van der Waals surface area contributed by atoms with Crippen molar-refractivity contribution in [3.8, 4) is 0 Å². The molecule has 5 heteroatoms. The number of amides is 1. The molecule has 0 aromatic carbocycles. The molecule has 0 spiro atoms. The van der Waals surface area contributed by atoms with Crippen LogP contribution in [0.3, 0.4) is 0 Å². The maximum Gasteiger partial charge on any atom is 0.234 e. The van der Waals surface area contributed by atoms with Gasteiger partial charge in [-0.15, -0.1) is 0 Å². The van der Waals surface area contributed by atoms with E-state index in [0.29, 0.717) is 12.3 Å². The largest absolute Gasteiger partial charge is 0.394 e. The number of nitrogens with one attached hydrogen (secondary N) is 2. The van der Waals surface area contributed by atoms with Crippen LogP contribution in [-0.2, 0) is 4.79 Å². The van der Waals surface area contributed by atoms with Crippen molar-refractivity contribution in [2.75, 3.05) is 19.8 Å². The van der Waals surface area contributed by atoms with Crippen molar-refractivity contribution in [2.24, 2.45) is 5.92 Å². The van der Waals surface area contributed by atoms with E-state index < -0.39 is 5.54 Å². The van der Waals surface area contributed by atoms with E-state index in [9.17, 15) is 15.0 Å². The summed E-state index contributed by atoms with van der Waals surface area (Å²) in [6.07, 6.45) is 0.563. The smallest absolute Gasteiger partial charge is 0.234 e. The van der Waals surface area contributed by atoms with E-state index in [4.69, 9.17) is 0 Å². The lowest BCUT2D eigenvalue weighted by atomic mass is 9.98. The highest BCUT2D eigenvalue weighted by molar-refractivity contribution is 5.78. The summed E-state index contributed by atoms with van der Waals surface area (Å²) in [5, 5.41) is 24.2. The quantitative estimate of drug-likeness (QED) is 0.481. The molecule has 0 aliphatic rings. The molecule has 0 aromatic heterocycles. The van der Waals surface area contributed by atoms with Crippen molar-refractivity contribution in [2.45, 2.75) is 45.7 Å². The molecule has 0 aliphatic heterocycles. The molecular formula is C12H26N2O3. The molecule has 1 amide bonds. The first-order chi connectivity index (χ1) is 7.90. The van der Waals surface area contributed by atoms with Crippen molar-refractivity contribution in [1.29, 1.82) is 0 Å². The normalized spacial score (nSPS) is 13.8. The van der Waals surface area contributed by atoms with Gasteiger partial charge in [0.25, 0.3) is 0 Å². The molecule has 0 bridgehead atoms. The van der Waals surface area contributed by atoms with Gasteiger partial charge in [0.2, 0.25) is 5.91 Å². The summed E-state index contributed by atoms with van der Waals surface area (Å²) in [5.41, 5.74) is -0.765. The van der Waals surface area contributed by atoms with E-state index in [1.807, 2.05) is 27.7 Å². The molecular weight excluding hydrogens is 220 g/mol. The lowest BCUT2D eigenvalue weighted by Crippen LogP contribution is -2.55. The maximum atomic E-state index is 11.6. The molecule has 0 saturated heterocycles. The van der Waals surface area contributed by atoms with Gasteiger partial charge in [-0.3, -0.25) is 10.1 Å². The SMILES string of the molecule is CCC(CO)(CO)NCC(=O)NC(C)C(C)C. The summed E-state index contributed by atoms with van der Waals surface area (Å²) < 4.78 is 0. The highest BCUT2D eigenvalue weighted by atomic mass is 16.3. The van der Waals surface area contributed by atoms with E-state index in [0.717, 1.165) is 0 Å². The van der Waals surface area contributed by atoms with Gasteiger partial charge in [0, 0.05) is 6.04 Å². The predicted molar refractivity (Wildman–Crippen MR) is 67.6 cm³/mol. The molecule has 4 N–H and O–H groups in total. The van der Waals surface area contributed by atoms with Crippen molar-refractivity contribution >= 4 is 5.91 Å². The lowest BCUT2D eigenvalue weighted by molar-refractivity contribution is -0.121. The minimum absolute atomic E-state index is 0.103. The van der Waals surface area contributed by atoms with Crippen molar-refractivity contribution < 1.29 is 15.0 Å². The summed E-state index contributed by atoms with van der Waals surface area (Å²) in [5.74, 6) is 0.261. The van der Waals surface area contributed by atoms with Gasteiger partial charge in [0.1, 0.15) is 0 Å². The summed E-state index contributed by atoms with van der Waals surface area (Å²) in [6, 6.07) is 0.114. The van der Waals surface area contributed by atoms with E-state index >= 15 is 0 Å². The third kappa shape index (κ3) is 5.48. The monoisotopic (exact) mass is 246 g/mol. The van der Waals surface area contributed by atoms with Crippen LogP contribution in [-0.4, -0.2) is 47.5 Å². The molecule has 0 heterocycles. The van der Waals surface area contributed by atoms with Gasteiger partial charge < -0.3 is 15.5 Å². The fraction of sp³-hybridized carbons (Fsp3) is 0.917. The topological polar surface area (TPSA) is 81.6 Å². The molecule has 1 atom stereocenters. The van der Waals surface area contributed by atoms with Crippen LogP contribution >= 0.6 is 0 Å². The summed E-state index contributed by atoms with van der Waals surface area (Å²) >= 11 is 0. The summed E-state index contributed by atoms with van der Waals surface area (Å²) in [7, 11) is 0. The molecule has 0 fully saturated rings. The van der Waals surface area contributed by atoms with Crippen LogP contribution in [0.15, 0.2) is 0 Å². The van der Waals surface area contributed by atoms with Gasteiger partial charge >= 0.3 is 0 Å². The van der Waals surface area contributed by atoms with Crippen LogP contribution in [0, 0.1) is 5.92 Å². The van der Waals surface area contributed by atoms with Crippen molar-refractivity contribution in [1.82, 2.24) is 10.6 Å². The van der Waals surface area contributed by atoms with Crippen LogP contribution in [0.2, 0.25) is 0 Å². The molecule has 102 valence electrons. The van der Waals surface area contributed by atoms with Gasteiger partial charge in [-0.1, -0.05) is 20.8 Å². The Bertz CT molecular complexity index is 220. The fourth-order valence-electron chi connectivity index (χ4n) is 1.25. The van der Waals surface area contributed by atoms with E-state index in [-0.39, 0.29) is 31.7 Å². The Kier molecular flexibility index (Phi) is 7.34. The highest BCUT2D eigenvalue weighted by Crippen LogP contribution is 2.07. The van der Waals surface area contributed by atoms with E-state index in [2.05, 4.69) is 10.6 Å². The Labute approximate surface area is 104 Å². The number of aliphatic hydroxyl groups excluding tert-OH is 2. The maximum absolute atomic E-state index is 11.6. The zero-order chi connectivity index (χ0) is 13.5. The molecule has 0 aromatic rings. The predicted octanol–water partition coefficient (Wildman–Crippen LogP) is -0.130. The average Bonchev–Trinajstić information content (AvgIpc) is 2.31. The molecule has 0 aliphatic carbocycles. The van der Waals surface area contributed by atoms with Crippen LogP contribution in [0.4, 0.5) is 0 Å². The number of aliphatic hydroxyl groups is 2. The van der Waals surface area contributed by atoms with Gasteiger partial charge in [-0.2, -0.15) is 0 Å². The summed E-state index contributed by atoms with van der Waals surface area (Å²) in [4.78, 5) is 11.6. The van der Waals surface area contributed by atoms with Gasteiger partial charge in [-0.25, -0.2) is 0 Å². The average molecular weight is 246 g/mol. The second-order valence-corrected chi connectivity index (χ2v) is 4.90. The Morgan fingerprint density at radius 2 is 1.76 bits per heavy atom. The second kappa shape index (κ2) is 7.63. The van der Waals surface area contributed by atoms with Crippen LogP contribution in [0.1, 0.15) is 34.1 Å². The van der Waals surface area contributed by atoms with Crippen LogP contribution in [0.5, 0.6) is 0 Å². The standard InChI is InChI=1S/C12H26N2O3/c1-5-12(7-15,8-16)13-6-11(17)14-10(4)9(2)3/h9-10,13,15-16H,5-8H2,1-4H3,(H,14,17). The number of carbonyl (C=O) groups excluding carboxylic acids is 1. The molecule has 0 rings (SSSR count). The van der Waals surface area contributed by atoms with Gasteiger partial charge in [0.05, 0.1) is 25.3 Å². The van der Waals surface area contributed by atoms with Crippen LogP contribution in [0.25, 0.3) is 0 Å². The molecule has 0 saturated carbocycles. The van der Waals surface area contributed by atoms with E-state index in [1.54, 1.807) is 0 Å². The Morgan fingerprint density at radius 3 is 2.12 bits per heavy atom. The number of hydrogen-bond donors (Lipinski definition) is 4. The molecule has 5 nitrogen and oxygen atoms in total. The molecule has 17 heavy (non-hydrogen) atoms. The molecule has 1 unspecified atom stereocenters. The number of rotatable bonds is 8. The minimum Gasteiger partial charge on any atom is -0.394 e. The van der Waals surface area contributed by atoms with Crippen molar-refractivity contribution in [3.63, 3.8) is 0 Å². The van der Waals surface area contributed by atoms with Crippen molar-refractivity contribution in [3.05, 3.63) is 0 Å². The first-order valence-corrected chi connectivity index (χ1v) is 6.17. The fourth-order valence-corrected chi connectivity index (χ4v) is 1.25. The third-order valence-electron chi connectivity index (χ3n) is 3.29. The van der Waals surface area contributed by atoms with Gasteiger partial charge in [-0.05, 0) is 19.3 Å². The Hall–Kier alpha value is -0.650. The third-order valence-corrected chi connectivity index (χ3v) is 3.29. The number of hydrogen-bond acceptors (Lipinski definition) is 4. The number of carbonyl (C=O) groups is 1. The second-order valence-electron chi connectivity index (χ2n) is 4.90. The first-order valence-electron chi connectivity index (χ1n) is 6.17. The van der Waals surface area contributed by atoms with E-state index in [1.165, 1.54) is 0 Å². The minimum atomic E-state index is -0.765. The Morgan fingerprint density at radius 1 is 1.24 bits per heavy atom. The first kappa shape index (κ1) is 16.4. The Balaban J connectivity index is 4.14. The lowest BCUT2D eigenvalue weighted by Gasteiger charge is -2.30. The zero-order valence-corrected chi connectivity index (χ0v) is 11.3. The highest BCUT2D eigenvalue weighted by Gasteiger charge is 2.26. The van der Waals surface area contributed by atoms with Gasteiger partial charge in [0.15, 0.2) is 0 Å². The molecule has 0 radical (unpaired) electrons. The summed E-state index contributed by atoms with van der Waals surface area (Å²) in [6.45, 7) is 7.61. The van der Waals surface area contributed by atoms with Crippen LogP contribution < -0.4 is 10.6 Å². The zero-order valence-electron chi connectivity index (χ0n) is 11.3.